The summed E-state index contributed by atoms with van der Waals surface area (Å²) in [6.45, 7) is 1.44. The van der Waals surface area contributed by atoms with Crippen LogP contribution in [0.2, 0.25) is 0 Å². The van der Waals surface area contributed by atoms with Crippen molar-refractivity contribution in [1.29, 1.82) is 5.26 Å². The van der Waals surface area contributed by atoms with Crippen molar-refractivity contribution in [3.05, 3.63) is 40.5 Å². The number of hydrogen-bond acceptors (Lipinski definition) is 8. The summed E-state index contributed by atoms with van der Waals surface area (Å²) in [6, 6.07) is 3.20. The van der Waals surface area contributed by atoms with Gasteiger partial charge in [0, 0.05) is 6.42 Å². The minimum atomic E-state index is -4.76. The number of rotatable bonds is 7. The first-order valence-corrected chi connectivity index (χ1v) is 9.54. The molecular weight excluding hydrogens is 423 g/mol. The molecule has 12 heteroatoms. The number of benzene rings is 1. The van der Waals surface area contributed by atoms with Gasteiger partial charge in [-0.1, -0.05) is 0 Å². The van der Waals surface area contributed by atoms with Crippen LogP contribution < -0.4 is 11.1 Å². The van der Waals surface area contributed by atoms with Crippen molar-refractivity contribution in [2.24, 2.45) is 0 Å². The quantitative estimate of drug-likeness (QED) is 0.438. The predicted molar refractivity (Wildman–Crippen MR) is 103 cm³/mol. The lowest BCUT2D eigenvalue weighted by Crippen LogP contribution is -2.29. The minimum absolute atomic E-state index is 0.0190. The van der Waals surface area contributed by atoms with Gasteiger partial charge in [0.15, 0.2) is 11.6 Å². The second-order valence-electron chi connectivity index (χ2n) is 6.16. The van der Waals surface area contributed by atoms with Crippen LogP contribution in [0.4, 0.5) is 24.9 Å². The number of anilines is 2. The second kappa shape index (κ2) is 9.00. The summed E-state index contributed by atoms with van der Waals surface area (Å²) in [6.07, 6.45) is -3.55. The molecule has 0 fully saturated rings. The molecule has 0 bridgehead atoms. The van der Waals surface area contributed by atoms with E-state index in [0.29, 0.717) is 11.1 Å². The van der Waals surface area contributed by atoms with Crippen LogP contribution in [0.5, 0.6) is 0 Å². The number of aromatic carboxylic acids is 1. The molecule has 4 N–H and O–H groups in total. The number of halogens is 3. The Morgan fingerprint density at radius 1 is 1.33 bits per heavy atom. The maximum absolute atomic E-state index is 13.0. The molecule has 0 unspecified atom stereocenters. The van der Waals surface area contributed by atoms with E-state index in [9.17, 15) is 28.0 Å². The Balaban J connectivity index is 2.29. The van der Waals surface area contributed by atoms with Crippen LogP contribution in [0.3, 0.4) is 0 Å². The summed E-state index contributed by atoms with van der Waals surface area (Å²) in [5.74, 6) is -2.19. The molecular formula is C18H16F3N5O3S. The number of Topliss-reactive ketones (excluding diaryl/α,β-unsaturated/α-hetero) is 1. The van der Waals surface area contributed by atoms with E-state index >= 15 is 0 Å². The van der Waals surface area contributed by atoms with E-state index in [1.165, 1.54) is 6.92 Å². The molecule has 0 aliphatic carbocycles. The molecule has 158 valence electrons. The second-order valence-corrected chi connectivity index (χ2v) is 6.95. The highest BCUT2D eigenvalue weighted by molar-refractivity contribution is 7.98. The van der Waals surface area contributed by atoms with Crippen LogP contribution in [0.15, 0.2) is 23.2 Å². The maximum atomic E-state index is 13.0. The van der Waals surface area contributed by atoms with E-state index in [4.69, 9.17) is 10.8 Å². The smallest absolute Gasteiger partial charge is 0.416 e. The van der Waals surface area contributed by atoms with Crippen molar-refractivity contribution >= 4 is 35.3 Å². The number of nitrogen functional groups attached to an aromatic ring is 1. The molecule has 0 amide bonds. The fourth-order valence-electron chi connectivity index (χ4n) is 2.53. The Kier molecular flexibility index (Phi) is 6.88. The van der Waals surface area contributed by atoms with Crippen molar-refractivity contribution < 1.29 is 27.9 Å². The zero-order valence-corrected chi connectivity index (χ0v) is 16.6. The number of nitrogens with two attached hydrogens (primary N) is 1. The molecule has 1 aromatic carbocycles. The third-order valence-electron chi connectivity index (χ3n) is 3.98. The number of nitrogens with one attached hydrogen (secondary N) is 1. The van der Waals surface area contributed by atoms with Crippen LogP contribution in [0.1, 0.15) is 34.0 Å². The van der Waals surface area contributed by atoms with E-state index in [0.717, 1.165) is 23.9 Å². The van der Waals surface area contributed by atoms with Gasteiger partial charge in [-0.15, -0.1) is 11.8 Å². The molecule has 1 atom stereocenters. The molecule has 0 spiro atoms. The van der Waals surface area contributed by atoms with Gasteiger partial charge in [0.05, 0.1) is 17.2 Å². The van der Waals surface area contributed by atoms with E-state index in [1.54, 1.807) is 6.26 Å². The first-order valence-electron chi connectivity index (χ1n) is 8.31. The standard InChI is InChI=1S/C18H16F3N5O3S/c1-8(24-14-12(7-22)15(30-2)26-17(23)25-14)13(27)5-9-3-10(16(28)29)6-11(4-9)18(19,20)21/h3-4,6,8H,5H2,1-2H3,(H,28,29)(H3,23,24,25,26)/t8-/m0/s1. The van der Waals surface area contributed by atoms with Crippen LogP contribution in [-0.2, 0) is 17.4 Å². The van der Waals surface area contributed by atoms with Gasteiger partial charge < -0.3 is 16.2 Å². The van der Waals surface area contributed by atoms with Crippen LogP contribution >= 0.6 is 11.8 Å². The van der Waals surface area contributed by atoms with Crippen LogP contribution in [-0.4, -0.2) is 39.1 Å². The first kappa shape index (κ1) is 23.0. The summed E-state index contributed by atoms with van der Waals surface area (Å²) >= 11 is 1.15. The van der Waals surface area contributed by atoms with Crippen molar-refractivity contribution in [2.45, 2.75) is 30.6 Å². The minimum Gasteiger partial charge on any atom is -0.478 e. The maximum Gasteiger partial charge on any atom is 0.416 e. The molecule has 1 heterocycles. The average molecular weight is 439 g/mol. The van der Waals surface area contributed by atoms with Gasteiger partial charge in [0.1, 0.15) is 16.7 Å². The topological polar surface area (TPSA) is 142 Å². The molecule has 0 aliphatic rings. The first-order chi connectivity index (χ1) is 14.0. The SMILES string of the molecule is CSc1nc(N)nc(N[C@@H](C)C(=O)Cc2cc(C(=O)O)cc(C(F)(F)F)c2)c1C#N. The number of alkyl halides is 3. The number of thioether (sulfide) groups is 1. The molecule has 0 radical (unpaired) electrons. The van der Waals surface area contributed by atoms with E-state index in [-0.39, 0.29) is 22.9 Å². The zero-order chi connectivity index (χ0) is 22.6. The molecule has 0 saturated carbocycles. The summed E-state index contributed by atoms with van der Waals surface area (Å²) < 4.78 is 39.1. The number of carbonyl (C=O) groups is 2. The van der Waals surface area contributed by atoms with Gasteiger partial charge in [-0.25, -0.2) is 9.78 Å². The normalized spacial score (nSPS) is 12.1. The highest BCUT2D eigenvalue weighted by Gasteiger charge is 2.32. The number of carboxylic acids is 1. The summed E-state index contributed by atoms with van der Waals surface area (Å²) in [5, 5.41) is 21.4. The van der Waals surface area contributed by atoms with Gasteiger partial charge in [-0.3, -0.25) is 4.79 Å². The number of carbonyl (C=O) groups excluding carboxylic acids is 1. The van der Waals surface area contributed by atoms with Crippen molar-refractivity contribution in [1.82, 2.24) is 9.97 Å². The molecule has 0 saturated heterocycles. The fourth-order valence-corrected chi connectivity index (χ4v) is 3.06. The third-order valence-corrected chi connectivity index (χ3v) is 4.66. The van der Waals surface area contributed by atoms with Gasteiger partial charge in [0.25, 0.3) is 0 Å². The largest absolute Gasteiger partial charge is 0.478 e. The Bertz CT molecular complexity index is 1040. The summed E-state index contributed by atoms with van der Waals surface area (Å²) in [7, 11) is 0. The van der Waals surface area contributed by atoms with Gasteiger partial charge in [-0.05, 0) is 36.9 Å². The van der Waals surface area contributed by atoms with E-state index in [1.807, 2.05) is 6.07 Å². The molecule has 30 heavy (non-hydrogen) atoms. The monoisotopic (exact) mass is 439 g/mol. The Morgan fingerprint density at radius 2 is 2.00 bits per heavy atom. The number of aromatic nitrogens is 2. The van der Waals surface area contributed by atoms with Crippen LogP contribution in [0, 0.1) is 11.3 Å². The Labute approximate surface area is 173 Å². The summed E-state index contributed by atoms with van der Waals surface area (Å²) in [4.78, 5) is 31.5. The van der Waals surface area contributed by atoms with E-state index < -0.39 is 41.5 Å². The molecule has 8 nitrogen and oxygen atoms in total. The van der Waals surface area contributed by atoms with Crippen molar-refractivity contribution in [3.63, 3.8) is 0 Å². The predicted octanol–water partition coefficient (Wildman–Crippen LogP) is 2.98. The number of nitriles is 1. The Morgan fingerprint density at radius 3 is 2.53 bits per heavy atom. The lowest BCUT2D eigenvalue weighted by atomic mass is 9.99. The number of ketones is 1. The van der Waals surface area contributed by atoms with Gasteiger partial charge in [0.2, 0.25) is 5.95 Å². The molecule has 2 rings (SSSR count). The Hall–Kier alpha value is -3.33. The number of nitrogens with zero attached hydrogens (tertiary/aromatic N) is 3. The highest BCUT2D eigenvalue weighted by atomic mass is 32.2. The average Bonchev–Trinajstić information content (AvgIpc) is 2.66. The van der Waals surface area contributed by atoms with E-state index in [2.05, 4.69) is 15.3 Å². The van der Waals surface area contributed by atoms with Crippen LogP contribution in [0.25, 0.3) is 0 Å². The molecule has 2 aromatic rings. The number of hydrogen-bond donors (Lipinski definition) is 3. The van der Waals surface area contributed by atoms with Crippen molar-refractivity contribution in [3.8, 4) is 6.07 Å². The fraction of sp³-hybridized carbons (Fsp3) is 0.278. The summed E-state index contributed by atoms with van der Waals surface area (Å²) in [5.41, 5.74) is 3.84. The van der Waals surface area contributed by atoms with Crippen molar-refractivity contribution in [2.75, 3.05) is 17.3 Å². The third kappa shape index (κ3) is 5.38. The molecule has 1 aromatic heterocycles. The zero-order valence-electron chi connectivity index (χ0n) is 15.7. The number of carboxylic acid groups (broad SMARTS) is 1. The van der Waals surface area contributed by atoms with Gasteiger partial charge in [-0.2, -0.15) is 23.4 Å². The lowest BCUT2D eigenvalue weighted by Gasteiger charge is -2.16. The molecule has 0 aliphatic heterocycles. The highest BCUT2D eigenvalue weighted by Crippen LogP contribution is 2.31. The lowest BCUT2D eigenvalue weighted by molar-refractivity contribution is -0.137. The van der Waals surface area contributed by atoms with Gasteiger partial charge >= 0.3 is 12.1 Å².